The molecule has 2 rings (SSSR count). The minimum absolute atomic E-state index is 0.133. The van der Waals surface area contributed by atoms with Gasteiger partial charge in [0.15, 0.2) is 0 Å². The van der Waals surface area contributed by atoms with Gasteiger partial charge in [-0.2, -0.15) is 0 Å². The van der Waals surface area contributed by atoms with Crippen LogP contribution in [0.2, 0.25) is 0 Å². The summed E-state index contributed by atoms with van der Waals surface area (Å²) < 4.78 is 0. The molecule has 1 amide bonds. The molecule has 1 fully saturated rings. The predicted octanol–water partition coefficient (Wildman–Crippen LogP) is 1.11. The van der Waals surface area contributed by atoms with E-state index < -0.39 is 6.10 Å². The second-order valence-electron chi connectivity index (χ2n) is 5.07. The molecule has 1 N–H and O–H groups in total. The minimum Gasteiger partial charge on any atom is -0.389 e. The van der Waals surface area contributed by atoms with Gasteiger partial charge < -0.3 is 14.9 Å². The fourth-order valence-corrected chi connectivity index (χ4v) is 2.41. The van der Waals surface area contributed by atoms with Crippen molar-refractivity contribution in [1.82, 2.24) is 9.88 Å². The van der Waals surface area contributed by atoms with Crippen molar-refractivity contribution in [2.45, 2.75) is 26.9 Å². The molecule has 104 valence electrons. The van der Waals surface area contributed by atoms with Crippen LogP contribution in [0.5, 0.6) is 0 Å². The van der Waals surface area contributed by atoms with Crippen LogP contribution in [0.3, 0.4) is 0 Å². The Kier molecular flexibility index (Phi) is 4.04. The van der Waals surface area contributed by atoms with Gasteiger partial charge in [-0.1, -0.05) is 0 Å². The monoisotopic (exact) mass is 263 g/mol. The number of amides is 1. The Balaban J connectivity index is 2.08. The predicted molar refractivity (Wildman–Crippen MR) is 74.1 cm³/mol. The number of hydrogen-bond acceptors (Lipinski definition) is 4. The Labute approximate surface area is 113 Å². The van der Waals surface area contributed by atoms with Crippen LogP contribution in [-0.2, 0) is 4.79 Å². The lowest BCUT2D eigenvalue weighted by Gasteiger charge is -2.35. The molecule has 19 heavy (non-hydrogen) atoms. The number of rotatable bonds is 2. The summed E-state index contributed by atoms with van der Waals surface area (Å²) in [5.74, 6) is 1.05. The third-order valence-electron chi connectivity index (χ3n) is 3.64. The molecule has 1 aliphatic heterocycles. The lowest BCUT2D eigenvalue weighted by molar-refractivity contribution is -0.129. The van der Waals surface area contributed by atoms with Crippen molar-refractivity contribution in [3.8, 4) is 0 Å². The van der Waals surface area contributed by atoms with Crippen LogP contribution in [-0.4, -0.2) is 47.1 Å². The van der Waals surface area contributed by atoms with Gasteiger partial charge in [0.1, 0.15) is 5.82 Å². The Morgan fingerprint density at radius 1 is 1.37 bits per heavy atom. The minimum atomic E-state index is -0.490. The number of nitrogens with zero attached hydrogens (tertiary/aromatic N) is 3. The van der Waals surface area contributed by atoms with E-state index in [1.807, 2.05) is 17.9 Å². The van der Waals surface area contributed by atoms with Gasteiger partial charge in [0.25, 0.3) is 0 Å². The third-order valence-corrected chi connectivity index (χ3v) is 3.64. The molecular formula is C14H21N3O2. The molecule has 0 aliphatic carbocycles. The lowest BCUT2D eigenvalue weighted by Crippen LogP contribution is -2.48. The van der Waals surface area contributed by atoms with E-state index in [2.05, 4.69) is 9.88 Å². The fourth-order valence-electron chi connectivity index (χ4n) is 2.41. The number of aromatic nitrogens is 1. The second kappa shape index (κ2) is 5.57. The van der Waals surface area contributed by atoms with Gasteiger partial charge >= 0.3 is 0 Å². The quantitative estimate of drug-likeness (QED) is 0.868. The molecule has 5 heteroatoms. The summed E-state index contributed by atoms with van der Waals surface area (Å²) in [7, 11) is 0. The molecule has 0 saturated carbocycles. The van der Waals surface area contributed by atoms with Gasteiger partial charge in [-0.15, -0.1) is 0 Å². The van der Waals surface area contributed by atoms with Crippen LogP contribution in [0.25, 0.3) is 0 Å². The van der Waals surface area contributed by atoms with Gasteiger partial charge in [-0.25, -0.2) is 4.98 Å². The van der Waals surface area contributed by atoms with Gasteiger partial charge in [0.05, 0.1) is 6.10 Å². The zero-order valence-corrected chi connectivity index (χ0v) is 11.8. The summed E-state index contributed by atoms with van der Waals surface area (Å²) in [5.41, 5.74) is 1.92. The number of aliphatic hydroxyl groups excluding tert-OH is 1. The number of piperazine rings is 1. The first-order chi connectivity index (χ1) is 8.99. The molecule has 0 bridgehead atoms. The first kappa shape index (κ1) is 13.8. The van der Waals surface area contributed by atoms with Crippen LogP contribution in [0.4, 0.5) is 5.82 Å². The number of carbonyl (C=O) groups excluding carboxylic acids is 1. The summed E-state index contributed by atoms with van der Waals surface area (Å²) >= 11 is 0. The molecule has 0 unspecified atom stereocenters. The Bertz CT molecular complexity index is 466. The van der Waals surface area contributed by atoms with Gasteiger partial charge in [0.2, 0.25) is 5.91 Å². The van der Waals surface area contributed by atoms with Crippen LogP contribution in [0.1, 0.15) is 31.1 Å². The Hall–Kier alpha value is -1.62. The maximum absolute atomic E-state index is 11.3. The summed E-state index contributed by atoms with van der Waals surface area (Å²) in [6.07, 6.45) is 1.25. The number of aliphatic hydroxyl groups is 1. The standard InChI is InChI=1S/C14H21N3O2/c1-10-8-14(15-9-13(10)11(2)18)17-6-4-16(5-7-17)12(3)19/h8-9,11,18H,4-7H2,1-3H3/t11-/m1/s1. The highest BCUT2D eigenvalue weighted by atomic mass is 16.3. The van der Waals surface area contributed by atoms with E-state index in [1.165, 1.54) is 0 Å². The summed E-state index contributed by atoms with van der Waals surface area (Å²) in [6, 6.07) is 2.01. The highest BCUT2D eigenvalue weighted by Gasteiger charge is 2.20. The molecule has 1 atom stereocenters. The average Bonchev–Trinajstić information content (AvgIpc) is 2.38. The molecule has 1 aromatic rings. The van der Waals surface area contributed by atoms with E-state index in [0.29, 0.717) is 0 Å². The molecular weight excluding hydrogens is 242 g/mol. The number of pyridine rings is 1. The van der Waals surface area contributed by atoms with Crippen LogP contribution in [0, 0.1) is 6.92 Å². The SMILES string of the molecule is CC(=O)N1CCN(c2cc(C)c([C@@H](C)O)cn2)CC1. The van der Waals surface area contributed by atoms with Crippen molar-refractivity contribution in [3.05, 3.63) is 23.4 Å². The van der Waals surface area contributed by atoms with E-state index in [1.54, 1.807) is 20.0 Å². The van der Waals surface area contributed by atoms with E-state index in [9.17, 15) is 9.90 Å². The second-order valence-corrected chi connectivity index (χ2v) is 5.07. The number of aryl methyl sites for hydroxylation is 1. The number of hydrogen-bond donors (Lipinski definition) is 1. The van der Waals surface area contributed by atoms with E-state index in [4.69, 9.17) is 0 Å². The molecule has 0 aromatic carbocycles. The molecule has 1 saturated heterocycles. The first-order valence-electron chi connectivity index (χ1n) is 6.64. The highest BCUT2D eigenvalue weighted by molar-refractivity contribution is 5.73. The average molecular weight is 263 g/mol. The molecule has 1 aliphatic rings. The molecule has 0 spiro atoms. The Morgan fingerprint density at radius 2 is 2.00 bits per heavy atom. The third kappa shape index (κ3) is 3.04. The molecule has 0 radical (unpaired) electrons. The van der Waals surface area contributed by atoms with Crippen molar-refractivity contribution < 1.29 is 9.90 Å². The molecule has 1 aromatic heterocycles. The van der Waals surface area contributed by atoms with Gasteiger partial charge in [-0.05, 0) is 25.5 Å². The van der Waals surface area contributed by atoms with Crippen molar-refractivity contribution >= 4 is 11.7 Å². The maximum Gasteiger partial charge on any atom is 0.219 e. The zero-order valence-electron chi connectivity index (χ0n) is 11.8. The van der Waals surface area contributed by atoms with Crippen LogP contribution >= 0.6 is 0 Å². The maximum atomic E-state index is 11.3. The number of carbonyl (C=O) groups is 1. The van der Waals surface area contributed by atoms with Crippen LogP contribution < -0.4 is 4.90 Å². The van der Waals surface area contributed by atoms with E-state index in [-0.39, 0.29) is 5.91 Å². The summed E-state index contributed by atoms with van der Waals surface area (Å²) in [6.45, 7) is 8.44. The normalized spacial score (nSPS) is 17.5. The van der Waals surface area contributed by atoms with Crippen molar-refractivity contribution in [1.29, 1.82) is 0 Å². The Morgan fingerprint density at radius 3 is 2.47 bits per heavy atom. The molecule has 2 heterocycles. The number of anilines is 1. The van der Waals surface area contributed by atoms with Gasteiger partial charge in [0, 0.05) is 44.9 Å². The zero-order chi connectivity index (χ0) is 14.0. The lowest BCUT2D eigenvalue weighted by atomic mass is 10.1. The summed E-state index contributed by atoms with van der Waals surface area (Å²) in [4.78, 5) is 19.7. The van der Waals surface area contributed by atoms with Crippen LogP contribution in [0.15, 0.2) is 12.3 Å². The first-order valence-corrected chi connectivity index (χ1v) is 6.64. The summed E-state index contributed by atoms with van der Waals surface area (Å²) in [5, 5.41) is 9.60. The smallest absolute Gasteiger partial charge is 0.219 e. The van der Waals surface area contributed by atoms with Crippen molar-refractivity contribution in [3.63, 3.8) is 0 Å². The van der Waals surface area contributed by atoms with E-state index in [0.717, 1.165) is 43.1 Å². The van der Waals surface area contributed by atoms with Gasteiger partial charge in [-0.3, -0.25) is 4.79 Å². The highest BCUT2D eigenvalue weighted by Crippen LogP contribution is 2.21. The molecule has 5 nitrogen and oxygen atoms in total. The van der Waals surface area contributed by atoms with Crippen molar-refractivity contribution in [2.24, 2.45) is 0 Å². The van der Waals surface area contributed by atoms with Crippen molar-refractivity contribution in [2.75, 3.05) is 31.1 Å². The largest absolute Gasteiger partial charge is 0.389 e. The topological polar surface area (TPSA) is 56.7 Å². The fraction of sp³-hybridized carbons (Fsp3) is 0.571. The van der Waals surface area contributed by atoms with E-state index >= 15 is 0 Å².